The Labute approximate surface area is 196 Å². The SMILES string of the molecule is Cc1c(C#N)c(NC(=O)CN2CCCC2C(C#N)c2ccccc2)n(C2CCCCC2)c1C. The molecule has 2 heterocycles. The van der Waals surface area contributed by atoms with E-state index in [0.717, 1.165) is 49.0 Å². The molecule has 2 atom stereocenters. The van der Waals surface area contributed by atoms with Gasteiger partial charge in [-0.1, -0.05) is 49.6 Å². The summed E-state index contributed by atoms with van der Waals surface area (Å²) in [5.74, 6) is 0.282. The molecule has 4 rings (SSSR count). The number of nitrogens with zero attached hydrogens (tertiary/aromatic N) is 4. The van der Waals surface area contributed by atoms with Crippen LogP contribution in [0.25, 0.3) is 0 Å². The van der Waals surface area contributed by atoms with Gasteiger partial charge in [0.25, 0.3) is 0 Å². The van der Waals surface area contributed by atoms with Gasteiger partial charge in [0.05, 0.1) is 24.1 Å². The van der Waals surface area contributed by atoms with Gasteiger partial charge in [0.15, 0.2) is 0 Å². The molecule has 1 saturated heterocycles. The van der Waals surface area contributed by atoms with Gasteiger partial charge in [-0.3, -0.25) is 9.69 Å². The van der Waals surface area contributed by atoms with Crippen LogP contribution in [0.15, 0.2) is 30.3 Å². The lowest BCUT2D eigenvalue weighted by molar-refractivity contribution is -0.117. The highest BCUT2D eigenvalue weighted by Gasteiger charge is 2.34. The van der Waals surface area contributed by atoms with Gasteiger partial charge in [0, 0.05) is 17.8 Å². The number of carbonyl (C=O) groups is 1. The van der Waals surface area contributed by atoms with Crippen LogP contribution in [-0.2, 0) is 4.79 Å². The summed E-state index contributed by atoms with van der Waals surface area (Å²) < 4.78 is 2.20. The Balaban J connectivity index is 1.54. The maximum Gasteiger partial charge on any atom is 0.239 e. The maximum absolute atomic E-state index is 13.2. The average molecular weight is 444 g/mol. The summed E-state index contributed by atoms with van der Waals surface area (Å²) in [6.45, 7) is 5.05. The third kappa shape index (κ3) is 4.68. The normalized spacial score (nSPS) is 20.2. The number of hydrogen-bond donors (Lipinski definition) is 1. The monoisotopic (exact) mass is 443 g/mol. The van der Waals surface area contributed by atoms with Gasteiger partial charge < -0.3 is 9.88 Å². The lowest BCUT2D eigenvalue weighted by Crippen LogP contribution is -2.40. The molecule has 1 N–H and O–H groups in total. The van der Waals surface area contributed by atoms with Gasteiger partial charge in [-0.2, -0.15) is 10.5 Å². The van der Waals surface area contributed by atoms with Crippen molar-refractivity contribution in [1.82, 2.24) is 9.47 Å². The number of benzene rings is 1. The smallest absolute Gasteiger partial charge is 0.239 e. The Hall–Kier alpha value is -3.09. The number of aromatic nitrogens is 1. The van der Waals surface area contributed by atoms with Crippen LogP contribution in [0.4, 0.5) is 5.82 Å². The molecule has 1 aliphatic carbocycles. The molecular formula is C27H33N5O. The first-order chi connectivity index (χ1) is 16.0. The van der Waals surface area contributed by atoms with Crippen LogP contribution in [0.3, 0.4) is 0 Å². The fraction of sp³-hybridized carbons (Fsp3) is 0.519. The van der Waals surface area contributed by atoms with Crippen molar-refractivity contribution in [2.45, 2.75) is 76.8 Å². The van der Waals surface area contributed by atoms with E-state index in [1.165, 1.54) is 19.3 Å². The van der Waals surface area contributed by atoms with E-state index in [0.29, 0.717) is 17.4 Å². The van der Waals surface area contributed by atoms with E-state index in [-0.39, 0.29) is 24.4 Å². The fourth-order valence-corrected chi connectivity index (χ4v) is 5.71. The van der Waals surface area contributed by atoms with Crippen LogP contribution in [0.1, 0.15) is 79.3 Å². The van der Waals surface area contributed by atoms with Crippen LogP contribution in [-0.4, -0.2) is 34.5 Å². The van der Waals surface area contributed by atoms with E-state index < -0.39 is 0 Å². The molecule has 172 valence electrons. The highest BCUT2D eigenvalue weighted by molar-refractivity contribution is 5.93. The second kappa shape index (κ2) is 10.2. The van der Waals surface area contributed by atoms with Crippen molar-refractivity contribution in [2.24, 2.45) is 0 Å². The predicted molar refractivity (Wildman–Crippen MR) is 129 cm³/mol. The highest BCUT2D eigenvalue weighted by Crippen LogP contribution is 2.37. The standard InChI is InChI=1S/C27H33N5O/c1-19-20(2)32(22-12-7-4-8-13-22)27(23(19)16-28)30-26(33)18-31-15-9-14-25(31)24(17-29)21-10-5-3-6-11-21/h3,5-6,10-11,22,24-25H,4,7-9,12-15,18H2,1-2H3,(H,30,33). The molecule has 1 aromatic carbocycles. The fourth-order valence-electron chi connectivity index (χ4n) is 5.71. The van der Waals surface area contributed by atoms with Crippen LogP contribution in [0.5, 0.6) is 0 Å². The highest BCUT2D eigenvalue weighted by atomic mass is 16.2. The third-order valence-corrected chi connectivity index (χ3v) is 7.51. The summed E-state index contributed by atoms with van der Waals surface area (Å²) in [6, 6.07) is 15.0. The van der Waals surface area contributed by atoms with Crippen molar-refractivity contribution in [3.05, 3.63) is 52.7 Å². The lowest BCUT2D eigenvalue weighted by Gasteiger charge is -2.29. The zero-order chi connectivity index (χ0) is 23.4. The largest absolute Gasteiger partial charge is 0.327 e. The zero-order valence-corrected chi connectivity index (χ0v) is 19.7. The molecule has 1 aliphatic heterocycles. The summed E-state index contributed by atoms with van der Waals surface area (Å²) in [5, 5.41) is 22.8. The zero-order valence-electron chi connectivity index (χ0n) is 19.7. The summed E-state index contributed by atoms with van der Waals surface area (Å²) >= 11 is 0. The van der Waals surface area contributed by atoms with Crippen LogP contribution >= 0.6 is 0 Å². The van der Waals surface area contributed by atoms with Gasteiger partial charge in [0.1, 0.15) is 11.9 Å². The number of anilines is 1. The van der Waals surface area contributed by atoms with Gasteiger partial charge in [0.2, 0.25) is 5.91 Å². The molecule has 6 heteroatoms. The molecule has 1 saturated carbocycles. The molecule has 2 aromatic rings. The number of amides is 1. The van der Waals surface area contributed by atoms with Crippen molar-refractivity contribution in [2.75, 3.05) is 18.4 Å². The molecule has 0 spiro atoms. The van der Waals surface area contributed by atoms with Crippen LogP contribution in [0, 0.1) is 36.5 Å². The predicted octanol–water partition coefficient (Wildman–Crippen LogP) is 5.19. The minimum absolute atomic E-state index is 0.0205. The van der Waals surface area contributed by atoms with E-state index in [2.05, 4.69) is 26.9 Å². The van der Waals surface area contributed by atoms with Crippen molar-refractivity contribution in [3.63, 3.8) is 0 Å². The Morgan fingerprint density at radius 2 is 1.82 bits per heavy atom. The molecule has 2 unspecified atom stereocenters. The molecule has 6 nitrogen and oxygen atoms in total. The number of rotatable bonds is 6. The molecule has 1 amide bonds. The Bertz CT molecular complexity index is 1070. The van der Waals surface area contributed by atoms with Gasteiger partial charge in [-0.15, -0.1) is 0 Å². The van der Waals surface area contributed by atoms with E-state index in [1.807, 2.05) is 44.2 Å². The maximum atomic E-state index is 13.2. The lowest BCUT2D eigenvalue weighted by atomic mass is 9.91. The van der Waals surface area contributed by atoms with Gasteiger partial charge in [-0.25, -0.2) is 0 Å². The van der Waals surface area contributed by atoms with Gasteiger partial charge in [-0.05, 0) is 57.2 Å². The Kier molecular flexibility index (Phi) is 7.16. The van der Waals surface area contributed by atoms with E-state index in [9.17, 15) is 15.3 Å². The summed E-state index contributed by atoms with van der Waals surface area (Å²) in [4.78, 5) is 15.4. The minimum Gasteiger partial charge on any atom is -0.327 e. The van der Waals surface area contributed by atoms with E-state index in [4.69, 9.17) is 0 Å². The Morgan fingerprint density at radius 1 is 1.09 bits per heavy atom. The van der Waals surface area contributed by atoms with Crippen molar-refractivity contribution in [3.8, 4) is 12.1 Å². The first kappa shape index (κ1) is 23.1. The average Bonchev–Trinajstić information content (AvgIpc) is 3.37. The molecular weight excluding hydrogens is 410 g/mol. The summed E-state index contributed by atoms with van der Waals surface area (Å²) in [7, 11) is 0. The topological polar surface area (TPSA) is 84.8 Å². The number of hydrogen-bond acceptors (Lipinski definition) is 4. The van der Waals surface area contributed by atoms with E-state index >= 15 is 0 Å². The van der Waals surface area contributed by atoms with Gasteiger partial charge >= 0.3 is 0 Å². The Morgan fingerprint density at radius 3 is 2.48 bits per heavy atom. The second-order valence-corrected chi connectivity index (χ2v) is 9.45. The summed E-state index contributed by atoms with van der Waals surface area (Å²) in [5.41, 5.74) is 3.59. The molecule has 33 heavy (non-hydrogen) atoms. The summed E-state index contributed by atoms with van der Waals surface area (Å²) in [6.07, 6.45) is 7.65. The molecule has 2 fully saturated rings. The van der Waals surface area contributed by atoms with Crippen molar-refractivity contribution in [1.29, 1.82) is 10.5 Å². The molecule has 0 bridgehead atoms. The minimum atomic E-state index is -0.258. The number of likely N-dealkylation sites (tertiary alicyclic amines) is 1. The second-order valence-electron chi connectivity index (χ2n) is 9.45. The van der Waals surface area contributed by atoms with Crippen molar-refractivity contribution < 1.29 is 4.79 Å². The quantitative estimate of drug-likeness (QED) is 0.666. The van der Waals surface area contributed by atoms with Crippen LogP contribution < -0.4 is 5.32 Å². The number of carbonyl (C=O) groups excluding carboxylic acids is 1. The molecule has 2 aliphatic rings. The first-order valence-electron chi connectivity index (χ1n) is 12.1. The number of nitriles is 2. The molecule has 1 aromatic heterocycles. The van der Waals surface area contributed by atoms with E-state index in [1.54, 1.807) is 0 Å². The van der Waals surface area contributed by atoms with Crippen LogP contribution in [0.2, 0.25) is 0 Å². The molecule has 0 radical (unpaired) electrons. The first-order valence-corrected chi connectivity index (χ1v) is 12.1. The van der Waals surface area contributed by atoms with Crippen molar-refractivity contribution >= 4 is 11.7 Å². The number of nitrogens with one attached hydrogen (secondary N) is 1. The third-order valence-electron chi connectivity index (χ3n) is 7.51.